The zero-order valence-electron chi connectivity index (χ0n) is 18.6. The molecule has 1 fully saturated rings. The van der Waals surface area contributed by atoms with Crippen molar-refractivity contribution in [3.63, 3.8) is 0 Å². The lowest BCUT2D eigenvalue weighted by Gasteiger charge is -2.32. The van der Waals surface area contributed by atoms with Crippen LogP contribution in [0.15, 0.2) is 82.5 Å². The number of piperidine rings is 1. The Hall–Kier alpha value is -2.89. The minimum Gasteiger partial charge on any atom is -0.467 e. The Morgan fingerprint density at radius 3 is 2.45 bits per heavy atom. The summed E-state index contributed by atoms with van der Waals surface area (Å²) in [5.74, 6) is 1.45. The van der Waals surface area contributed by atoms with E-state index in [1.54, 1.807) is 11.3 Å². The predicted molar refractivity (Wildman–Crippen MR) is 130 cm³/mol. The fourth-order valence-corrected chi connectivity index (χ4v) is 4.95. The summed E-state index contributed by atoms with van der Waals surface area (Å²) in [5, 5.41) is 7.04. The van der Waals surface area contributed by atoms with Crippen LogP contribution in [-0.2, 0) is 11.2 Å². The first kappa shape index (κ1) is 21.9. The van der Waals surface area contributed by atoms with E-state index in [0.717, 1.165) is 49.4 Å². The van der Waals surface area contributed by atoms with Gasteiger partial charge >= 0.3 is 0 Å². The summed E-state index contributed by atoms with van der Waals surface area (Å²) >= 11 is 6.05. The summed E-state index contributed by atoms with van der Waals surface area (Å²) in [6.07, 6.45) is 5.62. The van der Waals surface area contributed by atoms with Crippen molar-refractivity contribution in [2.24, 2.45) is 11.0 Å². The first-order chi connectivity index (χ1) is 16.2. The number of rotatable bonds is 6. The molecule has 5 nitrogen and oxygen atoms in total. The molecule has 2 aromatic carbocycles. The molecule has 0 unspecified atom stereocenters. The lowest BCUT2D eigenvalue weighted by Crippen LogP contribution is -2.42. The lowest BCUT2D eigenvalue weighted by atomic mass is 9.90. The van der Waals surface area contributed by atoms with Crippen molar-refractivity contribution < 1.29 is 9.21 Å². The summed E-state index contributed by atoms with van der Waals surface area (Å²) in [5.41, 5.74) is 3.26. The normalized spacial score (nSPS) is 19.6. The molecule has 0 radical (unpaired) electrons. The van der Waals surface area contributed by atoms with Gasteiger partial charge in [0.15, 0.2) is 0 Å². The minimum atomic E-state index is -0.214. The summed E-state index contributed by atoms with van der Waals surface area (Å²) in [6, 6.07) is 21.8. The van der Waals surface area contributed by atoms with E-state index in [1.165, 1.54) is 5.56 Å². The molecule has 1 aromatic heterocycles. The van der Waals surface area contributed by atoms with Crippen LogP contribution in [0.25, 0.3) is 0 Å². The Morgan fingerprint density at radius 2 is 1.76 bits per heavy atom. The van der Waals surface area contributed by atoms with Crippen LogP contribution in [0.3, 0.4) is 0 Å². The number of nitrogens with zero attached hydrogens (tertiary/aromatic N) is 3. The second-order valence-electron chi connectivity index (χ2n) is 8.94. The average molecular weight is 462 g/mol. The molecule has 3 heterocycles. The van der Waals surface area contributed by atoms with E-state index >= 15 is 0 Å². The maximum Gasteiger partial charge on any atom is 0.257 e. The Balaban J connectivity index is 1.23. The third kappa shape index (κ3) is 5.21. The zero-order chi connectivity index (χ0) is 22.6. The Bertz CT molecular complexity index is 1090. The van der Waals surface area contributed by atoms with Crippen molar-refractivity contribution >= 4 is 23.2 Å². The summed E-state index contributed by atoms with van der Waals surface area (Å²) in [6.45, 7) is 2.26. The van der Waals surface area contributed by atoms with Gasteiger partial charge in [-0.05, 0) is 73.7 Å². The highest BCUT2D eigenvalue weighted by atomic mass is 35.5. The number of furan rings is 1. The Kier molecular flexibility index (Phi) is 6.60. The van der Waals surface area contributed by atoms with Gasteiger partial charge in [-0.3, -0.25) is 9.69 Å². The quantitative estimate of drug-likeness (QED) is 0.482. The van der Waals surface area contributed by atoms with Crippen molar-refractivity contribution in [1.29, 1.82) is 0 Å². The van der Waals surface area contributed by atoms with Crippen LogP contribution in [-0.4, -0.2) is 41.2 Å². The van der Waals surface area contributed by atoms with Crippen LogP contribution in [0, 0.1) is 5.92 Å². The molecule has 170 valence electrons. The molecule has 3 aromatic rings. The number of hydrogen-bond acceptors (Lipinski definition) is 4. The molecule has 6 heteroatoms. The average Bonchev–Trinajstić information content (AvgIpc) is 3.52. The van der Waals surface area contributed by atoms with E-state index in [9.17, 15) is 4.79 Å². The predicted octanol–water partition coefficient (Wildman–Crippen LogP) is 5.57. The zero-order valence-corrected chi connectivity index (χ0v) is 19.3. The van der Waals surface area contributed by atoms with E-state index in [4.69, 9.17) is 21.1 Å². The number of hydrogen-bond donors (Lipinski definition) is 0. The van der Waals surface area contributed by atoms with Gasteiger partial charge in [0.05, 0.1) is 18.5 Å². The maximum absolute atomic E-state index is 13.3. The molecule has 1 amide bonds. The van der Waals surface area contributed by atoms with Gasteiger partial charge in [-0.15, -0.1) is 0 Å². The molecule has 0 spiro atoms. The number of hydrazone groups is 1. The number of carbonyl (C=O) groups is 1. The SMILES string of the molecule is O=C(CN1CCC(Cc2ccccc2)CC1)N1N=C(c2ccc(Cl)cc2)C[C@@H]1c1ccco1. The molecule has 2 aliphatic rings. The van der Waals surface area contributed by atoms with E-state index < -0.39 is 0 Å². The number of likely N-dealkylation sites (tertiary alicyclic amines) is 1. The molecule has 1 atom stereocenters. The fourth-order valence-electron chi connectivity index (χ4n) is 4.82. The molecule has 0 aliphatic carbocycles. The number of carbonyl (C=O) groups excluding carboxylic acids is 1. The Labute approximate surface area is 199 Å². The molecule has 2 aliphatic heterocycles. The topological polar surface area (TPSA) is 49.1 Å². The monoisotopic (exact) mass is 461 g/mol. The van der Waals surface area contributed by atoms with Crippen LogP contribution in [0.2, 0.25) is 5.02 Å². The highest BCUT2D eigenvalue weighted by molar-refractivity contribution is 6.30. The third-order valence-corrected chi connectivity index (χ3v) is 6.90. The maximum atomic E-state index is 13.3. The van der Waals surface area contributed by atoms with Crippen LogP contribution in [0.1, 0.15) is 42.2 Å². The van der Waals surface area contributed by atoms with E-state index in [0.29, 0.717) is 23.9 Å². The van der Waals surface area contributed by atoms with Crippen molar-refractivity contribution in [1.82, 2.24) is 9.91 Å². The first-order valence-electron chi connectivity index (χ1n) is 11.6. The van der Waals surface area contributed by atoms with E-state index in [-0.39, 0.29) is 11.9 Å². The molecule has 5 rings (SSSR count). The molecule has 1 saturated heterocycles. The van der Waals surface area contributed by atoms with Crippen LogP contribution >= 0.6 is 11.6 Å². The van der Waals surface area contributed by atoms with Crippen molar-refractivity contribution in [3.8, 4) is 0 Å². The lowest BCUT2D eigenvalue weighted by molar-refractivity contribution is -0.135. The van der Waals surface area contributed by atoms with Crippen LogP contribution in [0.5, 0.6) is 0 Å². The van der Waals surface area contributed by atoms with E-state index in [1.807, 2.05) is 36.4 Å². The molecule has 0 saturated carbocycles. The molecule has 0 N–H and O–H groups in total. The highest BCUT2D eigenvalue weighted by Gasteiger charge is 2.35. The Morgan fingerprint density at radius 1 is 1.00 bits per heavy atom. The molecular weight excluding hydrogens is 434 g/mol. The van der Waals surface area contributed by atoms with Crippen LogP contribution in [0.4, 0.5) is 0 Å². The van der Waals surface area contributed by atoms with Gasteiger partial charge < -0.3 is 4.42 Å². The summed E-state index contributed by atoms with van der Waals surface area (Å²) in [7, 11) is 0. The smallest absolute Gasteiger partial charge is 0.257 e. The minimum absolute atomic E-state index is 0.0156. The molecule has 33 heavy (non-hydrogen) atoms. The standard InChI is InChI=1S/C27H28ClN3O2/c28-23-10-8-22(9-11-23)24-18-25(26-7-4-16-33-26)31(29-24)27(32)19-30-14-12-21(13-15-30)17-20-5-2-1-3-6-20/h1-11,16,21,25H,12-15,17-19H2/t25-/m1/s1. The van der Waals surface area contributed by atoms with Gasteiger partial charge in [-0.2, -0.15) is 5.10 Å². The van der Waals surface area contributed by atoms with Gasteiger partial charge in [0, 0.05) is 11.4 Å². The largest absolute Gasteiger partial charge is 0.467 e. The summed E-state index contributed by atoms with van der Waals surface area (Å²) in [4.78, 5) is 15.6. The number of amides is 1. The third-order valence-electron chi connectivity index (χ3n) is 6.65. The second kappa shape index (κ2) is 9.94. The van der Waals surface area contributed by atoms with Gasteiger partial charge in [-0.25, -0.2) is 5.01 Å². The van der Waals surface area contributed by atoms with Gasteiger partial charge in [-0.1, -0.05) is 54.1 Å². The van der Waals surface area contributed by atoms with Gasteiger partial charge in [0.2, 0.25) is 0 Å². The van der Waals surface area contributed by atoms with Gasteiger partial charge in [0.25, 0.3) is 5.91 Å². The van der Waals surface area contributed by atoms with Gasteiger partial charge in [0.1, 0.15) is 11.8 Å². The summed E-state index contributed by atoms with van der Waals surface area (Å²) < 4.78 is 5.66. The van der Waals surface area contributed by atoms with Crippen molar-refractivity contribution in [2.45, 2.75) is 31.7 Å². The number of benzene rings is 2. The molecular formula is C27H28ClN3O2. The molecule has 0 bridgehead atoms. The fraction of sp³-hybridized carbons (Fsp3) is 0.333. The first-order valence-corrected chi connectivity index (χ1v) is 12.0. The van der Waals surface area contributed by atoms with Crippen molar-refractivity contribution in [3.05, 3.63) is 94.9 Å². The second-order valence-corrected chi connectivity index (χ2v) is 9.37. The highest BCUT2D eigenvalue weighted by Crippen LogP contribution is 2.33. The van der Waals surface area contributed by atoms with Crippen molar-refractivity contribution in [2.75, 3.05) is 19.6 Å². The van der Waals surface area contributed by atoms with Crippen LogP contribution < -0.4 is 0 Å². The number of halogens is 1. The van der Waals surface area contributed by atoms with E-state index in [2.05, 4.69) is 35.2 Å².